The predicted molar refractivity (Wildman–Crippen MR) is 404 cm³/mol. The highest BCUT2D eigenvalue weighted by molar-refractivity contribution is 6.30. The zero-order valence-electron chi connectivity index (χ0n) is 52.0. The summed E-state index contributed by atoms with van der Waals surface area (Å²) >= 11 is 6.29. The Morgan fingerprint density at radius 1 is 0.278 bits per heavy atom. The maximum absolute atomic E-state index is 6.55. The van der Waals surface area contributed by atoms with Crippen LogP contribution in [0.3, 0.4) is 0 Å². The molecule has 0 atom stereocenters. The summed E-state index contributed by atoms with van der Waals surface area (Å²) in [5, 5.41) is 25.9. The standard InChI is InChI=1S/C44H25N3O.C24H13ClN2O.C21H14/c1-2-13-28-25-38-36(23-27(28)12-1)40-31-16-6-3-11-26(31)21-22-37(40)47(38)44-45-42(41-34-19-9-10-20-39(34)48-43(41)46-44)35-24-29-14-4-5-15-30(29)32-17-7-8-18-33(32)35;25-24-26-22(21-18-11-5-6-12-20(18)28-23(21)27-24)19-13-14-7-1-2-8-15(14)16-9-3-4-10-17(16)19;1-2-7-16-13-20-18(11-15(16)6-1)12-17-10-9-14-5-3-4-8-19(14)21(17)20/h1-25H;1-13H;1-11,13H,12H2. The molecule has 8 heteroatoms. The monoisotopic (exact) mass is 1260 g/mol. The van der Waals surface area contributed by atoms with Crippen LogP contribution in [0.5, 0.6) is 0 Å². The molecular weight excluding hydrogens is 1210 g/mol. The van der Waals surface area contributed by atoms with Crippen molar-refractivity contribution >= 4 is 164 Å². The molecule has 0 radical (unpaired) electrons. The average molecular weight is 1260 g/mol. The number of aromatic nitrogens is 5. The molecule has 0 aliphatic heterocycles. The molecule has 97 heavy (non-hydrogen) atoms. The van der Waals surface area contributed by atoms with E-state index in [1.54, 1.807) is 0 Å². The van der Waals surface area contributed by atoms with Crippen LogP contribution >= 0.6 is 11.6 Å². The molecule has 0 unspecified atom stereocenters. The first-order valence-electron chi connectivity index (χ1n) is 32.7. The van der Waals surface area contributed by atoms with Gasteiger partial charge >= 0.3 is 0 Å². The molecule has 22 rings (SSSR count). The number of nitrogens with zero attached hydrogens (tertiary/aromatic N) is 5. The first-order valence-corrected chi connectivity index (χ1v) is 33.1. The summed E-state index contributed by atoms with van der Waals surface area (Å²) in [6.45, 7) is 0. The number of fused-ring (bicyclic) bond motifs is 24. The van der Waals surface area contributed by atoms with Crippen molar-refractivity contribution in [3.8, 4) is 39.6 Å². The molecule has 1 aliphatic rings. The Bertz CT molecular complexity index is 6900. The van der Waals surface area contributed by atoms with Gasteiger partial charge in [-0.05, 0) is 175 Å². The van der Waals surface area contributed by atoms with Gasteiger partial charge in [0.2, 0.25) is 22.7 Å². The van der Waals surface area contributed by atoms with Gasteiger partial charge in [0.15, 0.2) is 0 Å². The third kappa shape index (κ3) is 8.76. The Hall–Kier alpha value is -12.6. The van der Waals surface area contributed by atoms with Gasteiger partial charge in [-0.1, -0.05) is 255 Å². The van der Waals surface area contributed by atoms with Crippen LogP contribution in [-0.4, -0.2) is 24.5 Å². The summed E-state index contributed by atoms with van der Waals surface area (Å²) in [6.07, 6.45) is 1.06. The van der Waals surface area contributed by atoms with Crippen LogP contribution in [-0.2, 0) is 6.42 Å². The molecule has 7 nitrogen and oxygen atoms in total. The van der Waals surface area contributed by atoms with Crippen LogP contribution in [0.25, 0.3) is 192 Å². The summed E-state index contributed by atoms with van der Waals surface area (Å²) in [4.78, 5) is 19.7. The molecule has 0 saturated heterocycles. The van der Waals surface area contributed by atoms with E-state index in [1.165, 1.54) is 103 Å². The molecule has 0 N–H and O–H groups in total. The van der Waals surface area contributed by atoms with E-state index in [9.17, 15) is 0 Å². The van der Waals surface area contributed by atoms with Crippen molar-refractivity contribution in [2.24, 2.45) is 0 Å². The first-order chi connectivity index (χ1) is 48.0. The lowest BCUT2D eigenvalue weighted by atomic mass is 9.94. The van der Waals surface area contributed by atoms with Crippen LogP contribution < -0.4 is 0 Å². The van der Waals surface area contributed by atoms with E-state index in [-0.39, 0.29) is 5.28 Å². The van der Waals surface area contributed by atoms with E-state index in [1.807, 2.05) is 42.5 Å². The third-order valence-electron chi connectivity index (χ3n) is 19.8. The fourth-order valence-corrected chi connectivity index (χ4v) is 15.7. The fourth-order valence-electron chi connectivity index (χ4n) is 15.5. The smallest absolute Gasteiger partial charge is 0.238 e. The second-order valence-electron chi connectivity index (χ2n) is 25.2. The lowest BCUT2D eigenvalue weighted by molar-refractivity contribution is 0.651. The van der Waals surface area contributed by atoms with Gasteiger partial charge in [0.25, 0.3) is 0 Å². The minimum atomic E-state index is 0.179. The van der Waals surface area contributed by atoms with E-state index >= 15 is 0 Å². The van der Waals surface area contributed by atoms with Gasteiger partial charge in [-0.3, -0.25) is 4.57 Å². The van der Waals surface area contributed by atoms with Gasteiger partial charge < -0.3 is 8.83 Å². The zero-order valence-corrected chi connectivity index (χ0v) is 52.8. The van der Waals surface area contributed by atoms with Gasteiger partial charge in [0.1, 0.15) is 11.2 Å². The summed E-state index contributed by atoms with van der Waals surface area (Å²) in [6, 6.07) is 107. The van der Waals surface area contributed by atoms with Crippen LogP contribution in [0.2, 0.25) is 5.28 Å². The van der Waals surface area contributed by atoms with Gasteiger partial charge in [-0.25, -0.2) is 9.97 Å². The molecule has 0 saturated carbocycles. The molecule has 5 aromatic heterocycles. The molecule has 0 bridgehead atoms. The molecular formula is C89H52ClN5O2. The molecule has 0 spiro atoms. The average Bonchev–Trinajstić information content (AvgIpc) is 1.62. The molecule has 452 valence electrons. The van der Waals surface area contributed by atoms with Gasteiger partial charge in [-0.15, -0.1) is 0 Å². The quantitative estimate of drug-likeness (QED) is 0.129. The summed E-state index contributed by atoms with van der Waals surface area (Å²) in [7, 11) is 0. The highest BCUT2D eigenvalue weighted by Gasteiger charge is 2.26. The van der Waals surface area contributed by atoms with Gasteiger partial charge in [-0.2, -0.15) is 9.97 Å². The molecule has 1 aliphatic carbocycles. The highest BCUT2D eigenvalue weighted by Crippen LogP contribution is 2.47. The van der Waals surface area contributed by atoms with E-state index in [0.717, 1.165) is 88.8 Å². The lowest BCUT2D eigenvalue weighted by Gasteiger charge is -2.13. The van der Waals surface area contributed by atoms with Gasteiger partial charge in [0.05, 0.1) is 33.2 Å². The Balaban J connectivity index is 0.000000110. The van der Waals surface area contributed by atoms with Crippen LogP contribution in [0.1, 0.15) is 11.1 Å². The van der Waals surface area contributed by atoms with Crippen LogP contribution in [0.15, 0.2) is 312 Å². The highest BCUT2D eigenvalue weighted by atomic mass is 35.5. The lowest BCUT2D eigenvalue weighted by Crippen LogP contribution is -2.03. The second kappa shape index (κ2) is 21.8. The van der Waals surface area contributed by atoms with Crippen molar-refractivity contribution < 1.29 is 8.83 Å². The zero-order chi connectivity index (χ0) is 63.8. The van der Waals surface area contributed by atoms with Crippen molar-refractivity contribution in [1.29, 1.82) is 0 Å². The van der Waals surface area contributed by atoms with Crippen molar-refractivity contribution in [3.05, 3.63) is 320 Å². The number of benzene rings is 16. The fraction of sp³-hybridized carbons (Fsp3) is 0.0112. The minimum absolute atomic E-state index is 0.179. The van der Waals surface area contributed by atoms with Crippen molar-refractivity contribution in [1.82, 2.24) is 24.5 Å². The number of halogens is 1. The van der Waals surface area contributed by atoms with Crippen molar-refractivity contribution in [2.75, 3.05) is 0 Å². The number of furan rings is 2. The van der Waals surface area contributed by atoms with E-state index in [0.29, 0.717) is 17.4 Å². The van der Waals surface area contributed by atoms with Crippen molar-refractivity contribution in [3.63, 3.8) is 0 Å². The summed E-state index contributed by atoms with van der Waals surface area (Å²) < 4.78 is 14.7. The Morgan fingerprint density at radius 2 is 0.711 bits per heavy atom. The third-order valence-corrected chi connectivity index (χ3v) is 20.0. The molecule has 21 aromatic rings. The van der Waals surface area contributed by atoms with E-state index in [4.69, 9.17) is 30.4 Å². The maximum Gasteiger partial charge on any atom is 0.238 e. The van der Waals surface area contributed by atoms with Gasteiger partial charge in [0, 0.05) is 32.7 Å². The topological polar surface area (TPSA) is 82.8 Å². The predicted octanol–water partition coefficient (Wildman–Crippen LogP) is 24.3. The Morgan fingerprint density at radius 3 is 1.32 bits per heavy atom. The first kappa shape index (κ1) is 55.0. The number of rotatable bonds is 3. The SMILES string of the molecule is Clc1nc(-c2cc3ccccc3c3ccccc23)c2c(n1)oc1ccccc12.c1ccc2cc3c(cc2c1)Cc1ccc2ccccc2c1-3.c1ccc2cc3c(cc2c1)c1c2ccccc2ccc1n3-c1nc(-c2cc3ccccc3c3ccccc23)c2c(n1)oc1ccccc12. The molecule has 5 heterocycles. The van der Waals surface area contributed by atoms with Crippen LogP contribution in [0.4, 0.5) is 0 Å². The maximum atomic E-state index is 6.55. The number of hydrogen-bond donors (Lipinski definition) is 0. The van der Waals surface area contributed by atoms with Crippen molar-refractivity contribution in [2.45, 2.75) is 6.42 Å². The van der Waals surface area contributed by atoms with E-state index in [2.05, 4.69) is 275 Å². The summed E-state index contributed by atoms with van der Waals surface area (Å²) in [5.41, 5.74) is 14.3. The molecule has 0 fully saturated rings. The largest absolute Gasteiger partial charge is 0.438 e. The molecule has 16 aromatic carbocycles. The second-order valence-corrected chi connectivity index (χ2v) is 25.6. The number of para-hydroxylation sites is 2. The minimum Gasteiger partial charge on any atom is -0.438 e. The van der Waals surface area contributed by atoms with E-state index < -0.39 is 0 Å². The summed E-state index contributed by atoms with van der Waals surface area (Å²) in [5.74, 6) is 0.583. The Kier molecular flexibility index (Phi) is 12.3. The number of hydrogen-bond acceptors (Lipinski definition) is 6. The molecule has 0 amide bonds. The normalized spacial score (nSPS) is 12.1. The Labute approximate surface area is 559 Å². The van der Waals surface area contributed by atoms with Crippen LogP contribution in [0, 0.1) is 0 Å².